The molecule has 4 bridgehead atoms. The Labute approximate surface area is 223 Å². The molecule has 0 saturated carbocycles. The van der Waals surface area contributed by atoms with Crippen LogP contribution in [0.3, 0.4) is 0 Å². The van der Waals surface area contributed by atoms with Crippen LogP contribution in [0.2, 0.25) is 0 Å². The zero-order valence-corrected chi connectivity index (χ0v) is 22.3. The first kappa shape index (κ1) is 24.5. The molecule has 4 aromatic rings. The second-order valence-corrected chi connectivity index (χ2v) is 10.7. The second-order valence-electron chi connectivity index (χ2n) is 10.7. The molecule has 2 aliphatic heterocycles. The number of amides is 2. The number of carbonyl (C=O) groups is 2. The number of hydrogen-bond acceptors (Lipinski definition) is 5. The summed E-state index contributed by atoms with van der Waals surface area (Å²) in [4.78, 5) is 30.9. The summed E-state index contributed by atoms with van der Waals surface area (Å²) in [6, 6.07) is 14.3. The van der Waals surface area contributed by atoms with Gasteiger partial charge in [0.15, 0.2) is 0 Å². The first-order valence-electron chi connectivity index (χ1n) is 13.1. The van der Waals surface area contributed by atoms with Crippen LogP contribution in [0.4, 0.5) is 5.69 Å². The number of rotatable bonds is 3. The lowest BCUT2D eigenvalue weighted by molar-refractivity contribution is -0.122. The highest BCUT2D eigenvalue weighted by Crippen LogP contribution is 2.40. The minimum absolute atomic E-state index is 0. The molecule has 198 valence electrons. The standard InChI is InChI=1S/C30H33N5O3.H2/c1-32(2)16-20-11-12-34-17-24(22-10-9-19(33(3)4)15-26(22)34)28-27(29(36)31-30(28)37)23-18-35(13-14-38-20)25-8-6-5-7-21(23)25;/h5-10,15,17-18,20H,11-14,16H2,1-4H3,(H,31,36,37);1H. The molecule has 1 N–H and O–H groups in total. The van der Waals surface area contributed by atoms with Crippen LogP contribution in [0.1, 0.15) is 19.0 Å². The minimum atomic E-state index is -0.354. The van der Waals surface area contributed by atoms with Gasteiger partial charge in [-0.1, -0.05) is 24.3 Å². The normalized spacial score (nSPS) is 18.3. The molecule has 2 aromatic heterocycles. The molecule has 0 aliphatic carbocycles. The van der Waals surface area contributed by atoms with E-state index in [-0.39, 0.29) is 19.3 Å². The van der Waals surface area contributed by atoms with Gasteiger partial charge in [0.1, 0.15) is 0 Å². The fraction of sp³-hybridized carbons (Fsp3) is 0.333. The van der Waals surface area contributed by atoms with E-state index in [4.69, 9.17) is 4.74 Å². The second kappa shape index (κ2) is 9.45. The molecule has 0 saturated heterocycles. The number of anilines is 1. The lowest BCUT2D eigenvalue weighted by Gasteiger charge is -2.22. The van der Waals surface area contributed by atoms with Crippen molar-refractivity contribution in [2.75, 3.05) is 46.2 Å². The van der Waals surface area contributed by atoms with Gasteiger partial charge >= 0.3 is 0 Å². The molecule has 8 heteroatoms. The Morgan fingerprint density at radius 2 is 1.55 bits per heavy atom. The van der Waals surface area contributed by atoms with E-state index >= 15 is 0 Å². The van der Waals surface area contributed by atoms with Gasteiger partial charge in [0, 0.05) is 80.7 Å². The zero-order chi connectivity index (χ0) is 26.6. The van der Waals surface area contributed by atoms with E-state index in [0.29, 0.717) is 24.3 Å². The first-order valence-corrected chi connectivity index (χ1v) is 13.1. The number of benzene rings is 2. The largest absolute Gasteiger partial charge is 0.378 e. The molecule has 2 aliphatic rings. The maximum absolute atomic E-state index is 13.4. The highest BCUT2D eigenvalue weighted by molar-refractivity contribution is 6.50. The first-order chi connectivity index (χ1) is 18.3. The van der Waals surface area contributed by atoms with Gasteiger partial charge in [-0.3, -0.25) is 14.9 Å². The third-order valence-corrected chi connectivity index (χ3v) is 7.59. The number of fused-ring (bicyclic) bond motifs is 12. The number of nitrogens with zero attached hydrogens (tertiary/aromatic N) is 4. The van der Waals surface area contributed by atoms with Crippen molar-refractivity contribution in [1.29, 1.82) is 0 Å². The van der Waals surface area contributed by atoms with E-state index in [1.165, 1.54) is 0 Å². The molecule has 2 aromatic carbocycles. The number of para-hydroxylation sites is 1. The Morgan fingerprint density at radius 1 is 0.895 bits per heavy atom. The molecule has 1 atom stereocenters. The average Bonchev–Trinajstić information content (AvgIpc) is 3.51. The van der Waals surface area contributed by atoms with Gasteiger partial charge in [-0.05, 0) is 38.7 Å². The topological polar surface area (TPSA) is 71.7 Å². The van der Waals surface area contributed by atoms with E-state index in [1.54, 1.807) is 0 Å². The highest BCUT2D eigenvalue weighted by atomic mass is 16.5. The Morgan fingerprint density at radius 3 is 2.24 bits per heavy atom. The van der Waals surface area contributed by atoms with Crippen LogP contribution >= 0.6 is 0 Å². The molecular weight excluding hydrogens is 478 g/mol. The molecule has 38 heavy (non-hydrogen) atoms. The van der Waals surface area contributed by atoms with E-state index in [1.807, 2.05) is 44.7 Å². The van der Waals surface area contributed by atoms with Crippen molar-refractivity contribution in [3.05, 3.63) is 66.0 Å². The van der Waals surface area contributed by atoms with E-state index in [0.717, 1.165) is 58.1 Å². The van der Waals surface area contributed by atoms with Gasteiger partial charge in [0.05, 0.1) is 29.4 Å². The van der Waals surface area contributed by atoms with Gasteiger partial charge in [-0.25, -0.2) is 0 Å². The van der Waals surface area contributed by atoms with Crippen LogP contribution in [-0.2, 0) is 27.4 Å². The van der Waals surface area contributed by atoms with Crippen LogP contribution < -0.4 is 10.2 Å². The molecule has 2 amide bonds. The molecule has 0 radical (unpaired) electrons. The SMILES string of the molecule is CN(C)CC1CCn2cc(c3ccc(N(C)C)cc32)C2=C(C(=O)NC2=O)c2cn(c3ccccc23)CCO1.[HH]. The summed E-state index contributed by atoms with van der Waals surface area (Å²) >= 11 is 0. The predicted octanol–water partition coefficient (Wildman–Crippen LogP) is 3.83. The minimum Gasteiger partial charge on any atom is -0.378 e. The van der Waals surface area contributed by atoms with E-state index in [9.17, 15) is 9.59 Å². The monoisotopic (exact) mass is 513 g/mol. The number of aromatic nitrogens is 2. The number of hydrogen-bond donors (Lipinski definition) is 1. The van der Waals surface area contributed by atoms with Crippen molar-refractivity contribution >= 4 is 50.5 Å². The lowest BCUT2D eigenvalue weighted by atomic mass is 9.95. The Balaban J connectivity index is 0.00000308. The van der Waals surface area contributed by atoms with E-state index < -0.39 is 0 Å². The summed E-state index contributed by atoms with van der Waals surface area (Å²) < 4.78 is 10.8. The number of imide groups is 1. The summed E-state index contributed by atoms with van der Waals surface area (Å²) in [5, 5.41) is 4.49. The fourth-order valence-electron chi connectivity index (χ4n) is 5.78. The van der Waals surface area contributed by atoms with Crippen molar-refractivity contribution in [2.24, 2.45) is 0 Å². The van der Waals surface area contributed by atoms with E-state index in [2.05, 4.69) is 62.6 Å². The highest BCUT2D eigenvalue weighted by Gasteiger charge is 2.35. The Bertz CT molecular complexity index is 1610. The summed E-state index contributed by atoms with van der Waals surface area (Å²) in [5.74, 6) is -0.702. The van der Waals surface area contributed by atoms with Crippen LogP contribution in [0.25, 0.3) is 33.0 Å². The third-order valence-electron chi connectivity index (χ3n) is 7.59. The predicted molar refractivity (Wildman–Crippen MR) is 153 cm³/mol. The Hall–Kier alpha value is -3.88. The smallest absolute Gasteiger partial charge is 0.259 e. The number of ether oxygens (including phenoxy) is 1. The van der Waals surface area contributed by atoms with Gasteiger partial charge in [0.2, 0.25) is 0 Å². The maximum Gasteiger partial charge on any atom is 0.259 e. The molecule has 1 unspecified atom stereocenters. The third kappa shape index (κ3) is 4.10. The summed E-state index contributed by atoms with van der Waals surface area (Å²) in [5.41, 5.74) is 5.55. The molecule has 0 fully saturated rings. The van der Waals surface area contributed by atoms with Crippen LogP contribution in [0.15, 0.2) is 54.9 Å². The molecule has 0 spiro atoms. The quantitative estimate of drug-likeness (QED) is 0.422. The zero-order valence-electron chi connectivity index (χ0n) is 22.3. The number of carbonyl (C=O) groups excluding carboxylic acids is 2. The molecular formula is C30H35N5O3. The average molecular weight is 514 g/mol. The Kier molecular flexibility index (Phi) is 6.08. The van der Waals surface area contributed by atoms with Gasteiger partial charge < -0.3 is 23.7 Å². The van der Waals surface area contributed by atoms with Crippen molar-refractivity contribution in [2.45, 2.75) is 25.6 Å². The van der Waals surface area contributed by atoms with Crippen LogP contribution in [0, 0.1) is 0 Å². The van der Waals surface area contributed by atoms with Crippen LogP contribution in [0.5, 0.6) is 0 Å². The molecule has 8 nitrogen and oxygen atoms in total. The van der Waals surface area contributed by atoms with Crippen molar-refractivity contribution in [3.8, 4) is 0 Å². The summed E-state index contributed by atoms with van der Waals surface area (Å²) in [6.07, 6.45) is 4.91. The summed E-state index contributed by atoms with van der Waals surface area (Å²) in [7, 11) is 8.17. The number of aryl methyl sites for hydroxylation is 1. The molecule has 4 heterocycles. The fourth-order valence-corrected chi connectivity index (χ4v) is 5.78. The lowest BCUT2D eigenvalue weighted by Crippen LogP contribution is -2.30. The van der Waals surface area contributed by atoms with Crippen molar-refractivity contribution in [3.63, 3.8) is 0 Å². The number of nitrogens with one attached hydrogen (secondary N) is 1. The molecule has 6 rings (SSSR count). The van der Waals surface area contributed by atoms with Gasteiger partial charge in [-0.15, -0.1) is 0 Å². The number of likely N-dealkylation sites (N-methyl/N-ethyl adjacent to an activating group) is 1. The van der Waals surface area contributed by atoms with Gasteiger partial charge in [-0.2, -0.15) is 0 Å². The maximum atomic E-state index is 13.4. The van der Waals surface area contributed by atoms with Crippen molar-refractivity contribution in [1.82, 2.24) is 19.4 Å². The summed E-state index contributed by atoms with van der Waals surface area (Å²) in [6.45, 7) is 2.76. The van der Waals surface area contributed by atoms with Gasteiger partial charge in [0.25, 0.3) is 11.8 Å². The van der Waals surface area contributed by atoms with Crippen molar-refractivity contribution < 1.29 is 15.8 Å². The van der Waals surface area contributed by atoms with Crippen LogP contribution in [-0.4, -0.2) is 73.3 Å².